The number of hydrogen-bond donors (Lipinski definition) is 3. The van der Waals surface area contributed by atoms with Gasteiger partial charge < -0.3 is 9.84 Å². The fraction of sp³-hybridized carbons (Fsp3) is 0.125. The van der Waals surface area contributed by atoms with E-state index in [1.54, 1.807) is 36.4 Å². The van der Waals surface area contributed by atoms with Crippen molar-refractivity contribution in [2.24, 2.45) is 0 Å². The van der Waals surface area contributed by atoms with E-state index in [2.05, 4.69) is 10.9 Å². The minimum atomic E-state index is -0.471. The molecule has 114 valence electrons. The minimum absolute atomic E-state index is 0.0423. The number of nitrogens with one attached hydrogen (secondary N) is 2. The van der Waals surface area contributed by atoms with E-state index in [0.29, 0.717) is 16.9 Å². The molecule has 0 aromatic heterocycles. The van der Waals surface area contributed by atoms with Crippen molar-refractivity contribution in [3.63, 3.8) is 0 Å². The van der Waals surface area contributed by atoms with Gasteiger partial charge in [-0.25, -0.2) is 0 Å². The highest BCUT2D eigenvalue weighted by atomic mass is 16.5. The Morgan fingerprint density at radius 1 is 1.09 bits per heavy atom. The Morgan fingerprint density at radius 3 is 2.59 bits per heavy atom. The zero-order valence-corrected chi connectivity index (χ0v) is 12.0. The molecule has 0 saturated carbocycles. The summed E-state index contributed by atoms with van der Waals surface area (Å²) in [6.07, 6.45) is 0.0423. The van der Waals surface area contributed by atoms with Crippen molar-refractivity contribution in [1.29, 1.82) is 0 Å². The molecule has 2 amide bonds. The smallest absolute Gasteiger partial charge is 0.273 e. The molecule has 6 nitrogen and oxygen atoms in total. The second-order valence-corrected chi connectivity index (χ2v) is 4.55. The maximum Gasteiger partial charge on any atom is 0.273 e. The number of ether oxygens (including phenoxy) is 1. The molecular formula is C16H16N2O4. The number of hydrogen-bond acceptors (Lipinski definition) is 4. The first-order chi connectivity index (χ1) is 10.6. The fourth-order valence-corrected chi connectivity index (χ4v) is 1.92. The van der Waals surface area contributed by atoms with Crippen LogP contribution in [0.5, 0.6) is 11.5 Å². The van der Waals surface area contributed by atoms with Crippen molar-refractivity contribution in [1.82, 2.24) is 10.9 Å². The van der Waals surface area contributed by atoms with Gasteiger partial charge in [0, 0.05) is 0 Å². The average Bonchev–Trinajstić information content (AvgIpc) is 2.52. The molecule has 0 radical (unpaired) electrons. The van der Waals surface area contributed by atoms with E-state index in [4.69, 9.17) is 4.74 Å². The van der Waals surface area contributed by atoms with Crippen molar-refractivity contribution in [3.8, 4) is 11.5 Å². The first-order valence-electron chi connectivity index (χ1n) is 6.60. The van der Waals surface area contributed by atoms with Crippen molar-refractivity contribution in [2.75, 3.05) is 7.11 Å². The highest BCUT2D eigenvalue weighted by molar-refractivity contribution is 5.97. The molecule has 2 rings (SSSR count). The Labute approximate surface area is 127 Å². The van der Waals surface area contributed by atoms with Gasteiger partial charge in [-0.2, -0.15) is 0 Å². The quantitative estimate of drug-likeness (QED) is 0.745. The molecule has 3 N–H and O–H groups in total. The summed E-state index contributed by atoms with van der Waals surface area (Å²) in [6, 6.07) is 13.1. The van der Waals surface area contributed by atoms with E-state index in [0.717, 1.165) is 0 Å². The zero-order valence-electron chi connectivity index (χ0n) is 12.0. The predicted molar refractivity (Wildman–Crippen MR) is 80.4 cm³/mol. The lowest BCUT2D eigenvalue weighted by atomic mass is 10.1. The topological polar surface area (TPSA) is 87.7 Å². The summed E-state index contributed by atoms with van der Waals surface area (Å²) < 4.78 is 5.08. The minimum Gasteiger partial charge on any atom is -0.508 e. The maximum absolute atomic E-state index is 12.0. The number of phenols is 1. The summed E-state index contributed by atoms with van der Waals surface area (Å²) in [6.45, 7) is 0. The van der Waals surface area contributed by atoms with Gasteiger partial charge in [-0.15, -0.1) is 0 Å². The van der Waals surface area contributed by atoms with Crippen LogP contribution in [-0.2, 0) is 11.2 Å². The summed E-state index contributed by atoms with van der Waals surface area (Å²) in [5, 5.41) is 9.34. The van der Waals surface area contributed by atoms with Crippen LogP contribution >= 0.6 is 0 Å². The Morgan fingerprint density at radius 2 is 1.86 bits per heavy atom. The number of amides is 2. The second-order valence-electron chi connectivity index (χ2n) is 4.55. The van der Waals surface area contributed by atoms with Crippen LogP contribution in [0.3, 0.4) is 0 Å². The molecule has 2 aromatic carbocycles. The third kappa shape index (κ3) is 3.99. The molecule has 0 aliphatic heterocycles. The molecular weight excluding hydrogens is 284 g/mol. The normalized spacial score (nSPS) is 9.86. The van der Waals surface area contributed by atoms with E-state index >= 15 is 0 Å². The molecule has 0 aliphatic rings. The van der Waals surface area contributed by atoms with E-state index in [1.165, 1.54) is 19.2 Å². The number of aromatic hydroxyl groups is 1. The van der Waals surface area contributed by atoms with Crippen molar-refractivity contribution < 1.29 is 19.4 Å². The number of phenolic OH excluding ortho intramolecular Hbond substituents is 1. The molecule has 0 aliphatic carbocycles. The van der Waals surface area contributed by atoms with E-state index in [1.807, 2.05) is 0 Å². The number of benzene rings is 2. The van der Waals surface area contributed by atoms with Crippen molar-refractivity contribution in [2.45, 2.75) is 6.42 Å². The molecule has 0 bridgehead atoms. The van der Waals surface area contributed by atoms with Gasteiger partial charge in [0.2, 0.25) is 5.91 Å². The van der Waals surface area contributed by atoms with Crippen LogP contribution in [0, 0.1) is 0 Å². The Hall–Kier alpha value is -3.02. The SMILES string of the molecule is COc1ccccc1C(=O)NNC(=O)Cc1cccc(O)c1. The summed E-state index contributed by atoms with van der Waals surface area (Å²) in [4.78, 5) is 23.8. The first-order valence-corrected chi connectivity index (χ1v) is 6.60. The van der Waals surface area contributed by atoms with Gasteiger partial charge in [0.25, 0.3) is 5.91 Å². The Balaban J connectivity index is 1.92. The fourth-order valence-electron chi connectivity index (χ4n) is 1.92. The van der Waals surface area contributed by atoms with Crippen LogP contribution < -0.4 is 15.6 Å². The van der Waals surface area contributed by atoms with Crippen LogP contribution in [0.4, 0.5) is 0 Å². The lowest BCUT2D eigenvalue weighted by Crippen LogP contribution is -2.42. The van der Waals surface area contributed by atoms with Crippen LogP contribution in [0.25, 0.3) is 0 Å². The third-order valence-electron chi connectivity index (χ3n) is 2.94. The van der Waals surface area contributed by atoms with Gasteiger partial charge in [-0.05, 0) is 29.8 Å². The molecule has 6 heteroatoms. The van der Waals surface area contributed by atoms with Crippen molar-refractivity contribution >= 4 is 11.8 Å². The molecule has 0 spiro atoms. The maximum atomic E-state index is 12.0. The lowest BCUT2D eigenvalue weighted by molar-refractivity contribution is -0.121. The predicted octanol–water partition coefficient (Wildman–Crippen LogP) is 1.40. The molecule has 0 atom stereocenters. The lowest BCUT2D eigenvalue weighted by Gasteiger charge is -2.10. The highest BCUT2D eigenvalue weighted by Crippen LogP contribution is 2.16. The van der Waals surface area contributed by atoms with Gasteiger partial charge in [0.05, 0.1) is 19.1 Å². The third-order valence-corrected chi connectivity index (χ3v) is 2.94. The highest BCUT2D eigenvalue weighted by Gasteiger charge is 2.12. The number of para-hydroxylation sites is 1. The van der Waals surface area contributed by atoms with Gasteiger partial charge in [-0.3, -0.25) is 20.4 Å². The first kappa shape index (κ1) is 15.4. The van der Waals surface area contributed by atoms with Crippen molar-refractivity contribution in [3.05, 3.63) is 59.7 Å². The average molecular weight is 300 g/mol. The Kier molecular flexibility index (Phi) is 4.98. The van der Waals surface area contributed by atoms with Gasteiger partial charge >= 0.3 is 0 Å². The molecule has 2 aromatic rings. The van der Waals surface area contributed by atoms with Gasteiger partial charge in [-0.1, -0.05) is 24.3 Å². The number of carbonyl (C=O) groups excluding carboxylic acids is 2. The Bertz CT molecular complexity index is 685. The summed E-state index contributed by atoms with van der Waals surface area (Å²) >= 11 is 0. The number of rotatable bonds is 4. The summed E-state index contributed by atoms with van der Waals surface area (Å²) in [5.74, 6) is -0.360. The largest absolute Gasteiger partial charge is 0.508 e. The molecule has 0 fully saturated rings. The van der Waals surface area contributed by atoms with Crippen LogP contribution in [-0.4, -0.2) is 24.0 Å². The molecule has 0 saturated heterocycles. The van der Waals surface area contributed by atoms with Gasteiger partial charge in [0.1, 0.15) is 11.5 Å². The van der Waals surface area contributed by atoms with E-state index < -0.39 is 11.8 Å². The number of methoxy groups -OCH3 is 1. The standard InChI is InChI=1S/C16H16N2O4/c1-22-14-8-3-2-7-13(14)16(21)18-17-15(20)10-11-5-4-6-12(19)9-11/h2-9,19H,10H2,1H3,(H,17,20)(H,18,21). The second kappa shape index (κ2) is 7.12. The van der Waals surface area contributed by atoms with E-state index in [9.17, 15) is 14.7 Å². The molecule has 22 heavy (non-hydrogen) atoms. The summed E-state index contributed by atoms with van der Waals surface area (Å²) in [5.41, 5.74) is 5.62. The van der Waals surface area contributed by atoms with Gasteiger partial charge in [0.15, 0.2) is 0 Å². The zero-order chi connectivity index (χ0) is 15.9. The van der Waals surface area contributed by atoms with E-state index in [-0.39, 0.29) is 12.2 Å². The number of carbonyl (C=O) groups is 2. The molecule has 0 unspecified atom stereocenters. The number of hydrazine groups is 1. The van der Waals surface area contributed by atoms with Crippen LogP contribution in [0.15, 0.2) is 48.5 Å². The van der Waals surface area contributed by atoms with Crippen LogP contribution in [0.1, 0.15) is 15.9 Å². The van der Waals surface area contributed by atoms with Crippen LogP contribution in [0.2, 0.25) is 0 Å². The summed E-state index contributed by atoms with van der Waals surface area (Å²) in [7, 11) is 1.46. The monoisotopic (exact) mass is 300 g/mol. The molecule has 0 heterocycles.